The lowest BCUT2D eigenvalue weighted by Crippen LogP contribution is -2.21. The Bertz CT molecular complexity index is 925. The van der Waals surface area contributed by atoms with Gasteiger partial charge in [-0.2, -0.15) is 0 Å². The quantitative estimate of drug-likeness (QED) is 0.571. The van der Waals surface area contributed by atoms with E-state index in [2.05, 4.69) is 14.7 Å². The molecular weight excluding hydrogens is 403 g/mol. The van der Waals surface area contributed by atoms with Gasteiger partial charge in [-0.15, -0.1) is 0 Å². The smallest absolute Gasteiger partial charge is 0.365 e. The molecule has 9 nitrogen and oxygen atoms in total. The molecule has 0 aromatic carbocycles. The number of rotatable bonds is 4. The van der Waals surface area contributed by atoms with E-state index in [4.69, 9.17) is 33.4 Å². The summed E-state index contributed by atoms with van der Waals surface area (Å²) in [5.41, 5.74) is -2.23. The van der Waals surface area contributed by atoms with Crippen molar-refractivity contribution in [2.45, 2.75) is 13.8 Å². The zero-order valence-electron chi connectivity index (χ0n) is 13.7. The highest BCUT2D eigenvalue weighted by atomic mass is 35.5. The van der Waals surface area contributed by atoms with Crippen LogP contribution in [0, 0.1) is 13.8 Å². The highest BCUT2D eigenvalue weighted by Gasteiger charge is 2.28. The summed E-state index contributed by atoms with van der Waals surface area (Å²) in [7, 11) is 0. The third kappa shape index (κ3) is 4.21. The molecule has 140 valence electrons. The van der Waals surface area contributed by atoms with Gasteiger partial charge in [-0.3, -0.25) is 0 Å². The molecule has 0 spiro atoms. The summed E-state index contributed by atoms with van der Waals surface area (Å²) in [6.07, 6.45) is 0. The van der Waals surface area contributed by atoms with E-state index in [0.717, 1.165) is 12.1 Å². The van der Waals surface area contributed by atoms with E-state index < -0.39 is 46.4 Å². The summed E-state index contributed by atoms with van der Waals surface area (Å²) in [5.74, 6) is -5.84. The summed E-state index contributed by atoms with van der Waals surface area (Å²) in [6.45, 7) is 2.83. The molecule has 0 atom stereocenters. The van der Waals surface area contributed by atoms with E-state index in [-0.39, 0.29) is 21.4 Å². The number of aryl methyl sites for hydroxylation is 2. The van der Waals surface area contributed by atoms with Crippen molar-refractivity contribution in [1.82, 2.24) is 9.97 Å². The molecule has 0 amide bonds. The Morgan fingerprint density at radius 1 is 0.815 bits per heavy atom. The van der Waals surface area contributed by atoms with E-state index >= 15 is 0 Å². The lowest BCUT2D eigenvalue weighted by Gasteiger charge is -2.09. The number of aromatic nitrogens is 2. The van der Waals surface area contributed by atoms with Gasteiger partial charge in [0.1, 0.15) is 0 Å². The van der Waals surface area contributed by atoms with Crippen LogP contribution in [-0.4, -0.2) is 44.1 Å². The predicted molar refractivity (Wildman–Crippen MR) is 91.6 cm³/mol. The minimum Gasteiger partial charge on any atom is -0.478 e. The standard InChI is InChI=1S/C16H10Cl2N2O7/c1-5-9(17)3-7(13(21)22)11(19-5)15(25)27-16(26)12-8(14(23)24)4-10(18)6(2)20-12/h3-4H,1-2H3,(H,21,22)(H,23,24). The molecule has 2 N–H and O–H groups in total. The molecule has 0 saturated carbocycles. The van der Waals surface area contributed by atoms with Crippen molar-refractivity contribution < 1.29 is 34.1 Å². The molecule has 2 aromatic rings. The van der Waals surface area contributed by atoms with Crippen LogP contribution in [0.4, 0.5) is 0 Å². The Hall–Kier alpha value is -3.04. The number of ether oxygens (including phenoxy) is 1. The van der Waals surface area contributed by atoms with Crippen LogP contribution in [0.3, 0.4) is 0 Å². The van der Waals surface area contributed by atoms with E-state index in [0.29, 0.717) is 0 Å². The maximum atomic E-state index is 12.2. The lowest BCUT2D eigenvalue weighted by atomic mass is 10.1. The molecule has 2 rings (SSSR count). The van der Waals surface area contributed by atoms with Crippen LogP contribution in [-0.2, 0) is 4.74 Å². The number of halogens is 2. The molecule has 11 heteroatoms. The fourth-order valence-electron chi connectivity index (χ4n) is 1.98. The second kappa shape index (κ2) is 7.68. The Morgan fingerprint density at radius 3 is 1.44 bits per heavy atom. The number of hydrogen-bond acceptors (Lipinski definition) is 7. The van der Waals surface area contributed by atoms with Crippen molar-refractivity contribution in [3.8, 4) is 0 Å². The molecule has 0 saturated heterocycles. The fraction of sp³-hybridized carbons (Fsp3) is 0.125. The summed E-state index contributed by atoms with van der Waals surface area (Å²) in [4.78, 5) is 54.5. The molecule has 0 bridgehead atoms. The van der Waals surface area contributed by atoms with E-state index in [1.807, 2.05) is 0 Å². The third-order valence-electron chi connectivity index (χ3n) is 3.34. The molecule has 0 unspecified atom stereocenters. The van der Waals surface area contributed by atoms with Crippen LogP contribution >= 0.6 is 23.2 Å². The zero-order valence-corrected chi connectivity index (χ0v) is 15.3. The molecule has 0 radical (unpaired) electrons. The van der Waals surface area contributed by atoms with Gasteiger partial charge in [-0.1, -0.05) is 23.2 Å². The Kier molecular flexibility index (Phi) is 5.77. The number of carbonyl (C=O) groups is 4. The molecule has 27 heavy (non-hydrogen) atoms. The highest BCUT2D eigenvalue weighted by molar-refractivity contribution is 6.32. The fourth-order valence-corrected chi connectivity index (χ4v) is 2.28. The van der Waals surface area contributed by atoms with E-state index in [1.165, 1.54) is 13.8 Å². The minimum absolute atomic E-state index is 0.00145. The van der Waals surface area contributed by atoms with Gasteiger partial charge in [0.05, 0.1) is 32.6 Å². The maximum Gasteiger partial charge on any atom is 0.365 e. The summed E-state index contributed by atoms with van der Waals surface area (Å²) in [5, 5.41) is 18.3. The van der Waals surface area contributed by atoms with Gasteiger partial charge in [0.25, 0.3) is 0 Å². The second-order valence-electron chi connectivity index (χ2n) is 5.19. The van der Waals surface area contributed by atoms with Crippen molar-refractivity contribution in [3.63, 3.8) is 0 Å². The van der Waals surface area contributed by atoms with Gasteiger partial charge in [-0.25, -0.2) is 29.1 Å². The van der Waals surface area contributed by atoms with Crippen molar-refractivity contribution in [1.29, 1.82) is 0 Å². The van der Waals surface area contributed by atoms with Gasteiger partial charge in [0.2, 0.25) is 0 Å². The normalized spacial score (nSPS) is 10.4. The van der Waals surface area contributed by atoms with Gasteiger partial charge in [-0.05, 0) is 26.0 Å². The van der Waals surface area contributed by atoms with Crippen molar-refractivity contribution in [3.05, 3.63) is 56.1 Å². The average Bonchev–Trinajstić information content (AvgIpc) is 2.58. The first-order valence-electron chi connectivity index (χ1n) is 7.10. The van der Waals surface area contributed by atoms with E-state index in [1.54, 1.807) is 0 Å². The van der Waals surface area contributed by atoms with Gasteiger partial charge >= 0.3 is 23.9 Å². The number of nitrogens with zero attached hydrogens (tertiary/aromatic N) is 2. The highest BCUT2D eigenvalue weighted by Crippen LogP contribution is 2.21. The first kappa shape index (κ1) is 20.3. The van der Waals surface area contributed by atoms with Crippen molar-refractivity contribution >= 4 is 47.1 Å². The summed E-state index contributed by atoms with van der Waals surface area (Å²) >= 11 is 11.6. The van der Waals surface area contributed by atoms with Crippen LogP contribution in [0.25, 0.3) is 0 Å². The van der Waals surface area contributed by atoms with Crippen LogP contribution in [0.5, 0.6) is 0 Å². The van der Waals surface area contributed by atoms with Gasteiger partial charge < -0.3 is 14.9 Å². The predicted octanol–water partition coefficient (Wildman–Crippen LogP) is 2.79. The van der Waals surface area contributed by atoms with Crippen LogP contribution in [0.15, 0.2) is 12.1 Å². The number of aromatic carboxylic acids is 2. The van der Waals surface area contributed by atoms with Gasteiger partial charge in [0.15, 0.2) is 11.4 Å². The number of hydrogen-bond donors (Lipinski definition) is 2. The number of esters is 2. The van der Waals surface area contributed by atoms with Gasteiger partial charge in [0, 0.05) is 0 Å². The molecule has 0 aliphatic heterocycles. The largest absolute Gasteiger partial charge is 0.478 e. The molecule has 0 fully saturated rings. The molecule has 0 aliphatic carbocycles. The first-order chi connectivity index (χ1) is 12.5. The van der Waals surface area contributed by atoms with Crippen molar-refractivity contribution in [2.75, 3.05) is 0 Å². The topological polar surface area (TPSA) is 144 Å². The molecule has 2 heterocycles. The zero-order chi connectivity index (χ0) is 20.5. The third-order valence-corrected chi connectivity index (χ3v) is 4.10. The summed E-state index contributed by atoms with van der Waals surface area (Å²) in [6, 6.07) is 1.97. The monoisotopic (exact) mass is 412 g/mol. The average molecular weight is 413 g/mol. The molecular formula is C16H10Cl2N2O7. The Balaban J connectivity index is 2.44. The van der Waals surface area contributed by atoms with Crippen molar-refractivity contribution in [2.24, 2.45) is 0 Å². The minimum atomic E-state index is -1.52. The maximum absolute atomic E-state index is 12.2. The first-order valence-corrected chi connectivity index (χ1v) is 7.85. The second-order valence-corrected chi connectivity index (χ2v) is 6.01. The Labute approximate surface area is 161 Å². The lowest BCUT2D eigenvalue weighted by molar-refractivity contribution is 0.0377. The Morgan fingerprint density at radius 2 is 1.15 bits per heavy atom. The number of carboxylic acids is 2. The SMILES string of the molecule is Cc1nc(C(=O)OC(=O)c2nc(C)c(Cl)cc2C(=O)O)c(C(=O)O)cc1Cl. The van der Waals surface area contributed by atoms with Crippen LogP contribution in [0.1, 0.15) is 53.1 Å². The van der Waals surface area contributed by atoms with Crippen LogP contribution < -0.4 is 0 Å². The molecule has 0 aliphatic rings. The number of carbonyl (C=O) groups excluding carboxylic acids is 2. The number of pyridine rings is 2. The van der Waals surface area contributed by atoms with Crippen LogP contribution in [0.2, 0.25) is 10.0 Å². The number of carboxylic acid groups (broad SMARTS) is 2. The summed E-state index contributed by atoms with van der Waals surface area (Å²) < 4.78 is 4.58. The molecule has 2 aromatic heterocycles. The van der Waals surface area contributed by atoms with E-state index in [9.17, 15) is 19.2 Å².